The first-order valence-electron chi connectivity index (χ1n) is 7.62. The van der Waals surface area contributed by atoms with Crippen molar-refractivity contribution in [3.8, 4) is 10.4 Å². The summed E-state index contributed by atoms with van der Waals surface area (Å²) >= 11 is 1.11. The molecule has 0 aliphatic rings. The fourth-order valence-electron chi connectivity index (χ4n) is 2.55. The van der Waals surface area contributed by atoms with E-state index in [0.29, 0.717) is 11.3 Å². The second kappa shape index (κ2) is 6.86. The highest BCUT2D eigenvalue weighted by atomic mass is 32.1. The van der Waals surface area contributed by atoms with Crippen LogP contribution in [0, 0.1) is 13.8 Å². The van der Waals surface area contributed by atoms with Gasteiger partial charge < -0.3 is 10.4 Å². The molecule has 0 unspecified atom stereocenters. The molecule has 0 fully saturated rings. The lowest BCUT2D eigenvalue weighted by atomic mass is 10.1. The largest absolute Gasteiger partial charge is 0.477 e. The number of nitrogens with zero attached hydrogens (tertiary/aromatic N) is 1. The van der Waals surface area contributed by atoms with E-state index in [-0.39, 0.29) is 10.8 Å². The Labute approximate surface area is 149 Å². The van der Waals surface area contributed by atoms with E-state index in [2.05, 4.69) is 10.3 Å². The molecule has 5 nitrogen and oxygen atoms in total. The number of nitrogens with one attached hydrogen (secondary N) is 1. The Kier molecular flexibility index (Phi) is 4.63. The molecule has 0 aliphatic heterocycles. The summed E-state index contributed by atoms with van der Waals surface area (Å²) in [6.07, 6.45) is 3.31. The Morgan fingerprint density at radius 2 is 1.96 bits per heavy atom. The standard InChI is InChI=1S/C19H16N2O3S/c1-11-5-6-14(12(2)8-11)18(22)21-15-9-16(25-17(15)19(23)24)13-4-3-7-20-10-13/h3-10H,1-2H3,(H,21,22)(H,23,24). The molecule has 3 rings (SSSR count). The molecule has 1 amide bonds. The lowest BCUT2D eigenvalue weighted by Crippen LogP contribution is -2.14. The predicted octanol–water partition coefficient (Wildman–Crippen LogP) is 4.38. The maximum atomic E-state index is 12.6. The number of aryl methyl sites for hydroxylation is 2. The van der Waals surface area contributed by atoms with Crippen molar-refractivity contribution in [3.63, 3.8) is 0 Å². The number of aromatic nitrogens is 1. The van der Waals surface area contributed by atoms with Crippen molar-refractivity contribution in [1.82, 2.24) is 4.98 Å². The number of aromatic carboxylic acids is 1. The van der Waals surface area contributed by atoms with Gasteiger partial charge in [-0.25, -0.2) is 4.79 Å². The van der Waals surface area contributed by atoms with Gasteiger partial charge in [-0.1, -0.05) is 23.8 Å². The lowest BCUT2D eigenvalue weighted by Gasteiger charge is -2.08. The summed E-state index contributed by atoms with van der Waals surface area (Å²) < 4.78 is 0. The predicted molar refractivity (Wildman–Crippen MR) is 98.4 cm³/mol. The number of hydrogen-bond donors (Lipinski definition) is 2. The highest BCUT2D eigenvalue weighted by Crippen LogP contribution is 2.34. The number of benzene rings is 1. The van der Waals surface area contributed by atoms with Crippen molar-refractivity contribution in [2.75, 3.05) is 5.32 Å². The van der Waals surface area contributed by atoms with Crippen LogP contribution in [0.1, 0.15) is 31.2 Å². The Balaban J connectivity index is 1.95. The van der Waals surface area contributed by atoms with Crippen molar-refractivity contribution in [2.45, 2.75) is 13.8 Å². The Hall–Kier alpha value is -2.99. The molecule has 0 atom stereocenters. The van der Waals surface area contributed by atoms with Gasteiger partial charge in [0.1, 0.15) is 4.88 Å². The Bertz CT molecular complexity index is 949. The first kappa shape index (κ1) is 16.9. The second-order valence-corrected chi connectivity index (χ2v) is 6.73. The smallest absolute Gasteiger partial charge is 0.348 e. The average molecular weight is 352 g/mol. The van der Waals surface area contributed by atoms with Crippen LogP contribution in [-0.2, 0) is 0 Å². The van der Waals surface area contributed by atoms with E-state index in [1.807, 2.05) is 32.0 Å². The average Bonchev–Trinajstić information content (AvgIpc) is 2.99. The molecule has 0 saturated carbocycles. The zero-order valence-electron chi connectivity index (χ0n) is 13.7. The fraction of sp³-hybridized carbons (Fsp3) is 0.105. The zero-order valence-corrected chi connectivity index (χ0v) is 14.6. The molecule has 3 aromatic rings. The van der Waals surface area contributed by atoms with Crippen LogP contribution in [0.5, 0.6) is 0 Å². The van der Waals surface area contributed by atoms with Gasteiger partial charge in [0, 0.05) is 28.4 Å². The van der Waals surface area contributed by atoms with E-state index in [4.69, 9.17) is 0 Å². The molecule has 25 heavy (non-hydrogen) atoms. The van der Waals surface area contributed by atoms with Crippen molar-refractivity contribution < 1.29 is 14.7 Å². The van der Waals surface area contributed by atoms with E-state index < -0.39 is 5.97 Å². The maximum absolute atomic E-state index is 12.6. The molecule has 0 aliphatic carbocycles. The summed E-state index contributed by atoms with van der Waals surface area (Å²) in [7, 11) is 0. The minimum Gasteiger partial charge on any atom is -0.477 e. The number of carbonyl (C=O) groups excluding carboxylic acids is 1. The molecule has 0 bridgehead atoms. The van der Waals surface area contributed by atoms with Gasteiger partial charge in [-0.2, -0.15) is 0 Å². The van der Waals surface area contributed by atoms with Crippen LogP contribution in [0.25, 0.3) is 10.4 Å². The van der Waals surface area contributed by atoms with E-state index in [0.717, 1.165) is 32.9 Å². The summed E-state index contributed by atoms with van der Waals surface area (Å²) in [6.45, 7) is 3.81. The lowest BCUT2D eigenvalue weighted by molar-refractivity contribution is 0.0703. The normalized spacial score (nSPS) is 10.5. The Morgan fingerprint density at radius 3 is 2.60 bits per heavy atom. The van der Waals surface area contributed by atoms with Gasteiger partial charge in [-0.05, 0) is 37.6 Å². The number of carboxylic acids is 1. The maximum Gasteiger partial charge on any atom is 0.348 e. The zero-order chi connectivity index (χ0) is 18.0. The van der Waals surface area contributed by atoms with Crippen LogP contribution in [0.2, 0.25) is 0 Å². The van der Waals surface area contributed by atoms with Gasteiger partial charge >= 0.3 is 5.97 Å². The molecule has 0 saturated heterocycles. The third-order valence-electron chi connectivity index (χ3n) is 3.75. The Morgan fingerprint density at radius 1 is 1.16 bits per heavy atom. The number of rotatable bonds is 4. The summed E-state index contributed by atoms with van der Waals surface area (Å²) in [5.74, 6) is -1.40. The first-order chi connectivity index (χ1) is 12.0. The monoisotopic (exact) mass is 352 g/mol. The number of amides is 1. The summed E-state index contributed by atoms with van der Waals surface area (Å²) in [5.41, 5.74) is 3.53. The third kappa shape index (κ3) is 3.59. The molecular formula is C19H16N2O3S. The minimum atomic E-state index is -1.07. The molecule has 2 N–H and O–H groups in total. The molecule has 126 valence electrons. The summed E-state index contributed by atoms with van der Waals surface area (Å²) in [5, 5.41) is 12.2. The van der Waals surface area contributed by atoms with Crippen LogP contribution in [0.4, 0.5) is 5.69 Å². The summed E-state index contributed by atoms with van der Waals surface area (Å²) in [6, 6.07) is 10.8. The summed E-state index contributed by atoms with van der Waals surface area (Å²) in [4.78, 5) is 29.0. The number of carboxylic acid groups (broad SMARTS) is 1. The van der Waals surface area contributed by atoms with E-state index in [9.17, 15) is 14.7 Å². The number of pyridine rings is 1. The fourth-order valence-corrected chi connectivity index (χ4v) is 3.49. The van der Waals surface area contributed by atoms with Gasteiger partial charge in [0.2, 0.25) is 0 Å². The molecule has 2 aromatic heterocycles. The quantitative estimate of drug-likeness (QED) is 0.730. The molecule has 2 heterocycles. The number of anilines is 1. The topological polar surface area (TPSA) is 79.3 Å². The molecule has 0 spiro atoms. The number of carbonyl (C=O) groups is 2. The van der Waals surface area contributed by atoms with Crippen LogP contribution in [0.3, 0.4) is 0 Å². The van der Waals surface area contributed by atoms with Gasteiger partial charge in [0.15, 0.2) is 0 Å². The molecule has 0 radical (unpaired) electrons. The van der Waals surface area contributed by atoms with Gasteiger partial charge in [0.05, 0.1) is 5.69 Å². The SMILES string of the molecule is Cc1ccc(C(=O)Nc2cc(-c3cccnc3)sc2C(=O)O)c(C)c1. The molecule has 1 aromatic carbocycles. The van der Waals surface area contributed by atoms with Crippen molar-refractivity contribution in [2.24, 2.45) is 0 Å². The number of hydrogen-bond acceptors (Lipinski definition) is 4. The highest BCUT2D eigenvalue weighted by molar-refractivity contribution is 7.18. The third-order valence-corrected chi connectivity index (χ3v) is 4.92. The van der Waals surface area contributed by atoms with Crippen LogP contribution >= 0.6 is 11.3 Å². The van der Waals surface area contributed by atoms with Crippen molar-refractivity contribution in [3.05, 3.63) is 70.4 Å². The number of thiophene rings is 1. The first-order valence-corrected chi connectivity index (χ1v) is 8.43. The van der Waals surface area contributed by atoms with Gasteiger partial charge in [0.25, 0.3) is 5.91 Å². The van der Waals surface area contributed by atoms with Gasteiger partial charge in [-0.3, -0.25) is 9.78 Å². The van der Waals surface area contributed by atoms with Crippen molar-refractivity contribution in [1.29, 1.82) is 0 Å². The van der Waals surface area contributed by atoms with E-state index in [1.165, 1.54) is 0 Å². The van der Waals surface area contributed by atoms with Crippen molar-refractivity contribution >= 4 is 28.9 Å². The van der Waals surface area contributed by atoms with E-state index in [1.54, 1.807) is 30.6 Å². The molecule has 6 heteroatoms. The highest BCUT2D eigenvalue weighted by Gasteiger charge is 2.19. The van der Waals surface area contributed by atoms with Crippen LogP contribution in [0.15, 0.2) is 48.8 Å². The minimum absolute atomic E-state index is 0.0944. The molecular weight excluding hydrogens is 336 g/mol. The van der Waals surface area contributed by atoms with Crippen LogP contribution < -0.4 is 5.32 Å². The van der Waals surface area contributed by atoms with E-state index >= 15 is 0 Å². The van der Waals surface area contributed by atoms with Crippen LogP contribution in [-0.4, -0.2) is 22.0 Å². The second-order valence-electron chi connectivity index (χ2n) is 5.67. The van der Waals surface area contributed by atoms with Gasteiger partial charge in [-0.15, -0.1) is 11.3 Å².